The first kappa shape index (κ1) is 9.51. The van der Waals surface area contributed by atoms with Gasteiger partial charge in [0.2, 0.25) is 0 Å². The van der Waals surface area contributed by atoms with Crippen LogP contribution in [0.4, 0.5) is 0 Å². The zero-order chi connectivity index (χ0) is 9.26. The predicted molar refractivity (Wildman–Crippen MR) is 54.5 cm³/mol. The third kappa shape index (κ3) is 1.90. The minimum atomic E-state index is -0.00870. The fraction of sp³-hybridized carbons (Fsp3) is 1.00. The quantitative estimate of drug-likeness (QED) is 0.696. The molecule has 13 heavy (non-hydrogen) atoms. The second-order valence-corrected chi connectivity index (χ2v) is 5.01. The van der Waals surface area contributed by atoms with Crippen LogP contribution in [0, 0.1) is 17.8 Å². The van der Waals surface area contributed by atoms with Gasteiger partial charge in [0.1, 0.15) is 0 Å². The van der Waals surface area contributed by atoms with Crippen LogP contribution in [0.2, 0.25) is 0 Å². The molecule has 0 aliphatic heterocycles. The zero-order valence-corrected chi connectivity index (χ0v) is 8.71. The third-order valence-electron chi connectivity index (χ3n) is 4.24. The van der Waals surface area contributed by atoms with Crippen molar-refractivity contribution in [2.45, 2.75) is 58.0 Å². The van der Waals surface area contributed by atoms with E-state index < -0.39 is 0 Å². The van der Waals surface area contributed by atoms with Crippen LogP contribution in [0.3, 0.4) is 0 Å². The van der Waals surface area contributed by atoms with E-state index in [9.17, 15) is 5.11 Å². The molecule has 1 unspecified atom stereocenters. The van der Waals surface area contributed by atoms with E-state index in [1.54, 1.807) is 0 Å². The first-order valence-corrected chi connectivity index (χ1v) is 5.99. The van der Waals surface area contributed by atoms with Crippen molar-refractivity contribution in [3.63, 3.8) is 0 Å². The third-order valence-corrected chi connectivity index (χ3v) is 4.24. The molecule has 2 saturated carbocycles. The van der Waals surface area contributed by atoms with Crippen molar-refractivity contribution in [3.8, 4) is 0 Å². The van der Waals surface area contributed by atoms with Crippen molar-refractivity contribution in [1.82, 2.24) is 0 Å². The summed E-state index contributed by atoms with van der Waals surface area (Å²) in [6, 6.07) is 0. The number of hydrogen-bond acceptors (Lipinski definition) is 1. The molecule has 2 aliphatic rings. The molecule has 0 radical (unpaired) electrons. The molecule has 0 spiro atoms. The summed E-state index contributed by atoms with van der Waals surface area (Å²) in [4.78, 5) is 0. The van der Waals surface area contributed by atoms with E-state index in [-0.39, 0.29) is 6.10 Å². The van der Waals surface area contributed by atoms with Crippen molar-refractivity contribution < 1.29 is 5.11 Å². The predicted octanol–water partition coefficient (Wildman–Crippen LogP) is 2.97. The molecule has 0 bridgehead atoms. The van der Waals surface area contributed by atoms with E-state index in [0.717, 1.165) is 18.3 Å². The van der Waals surface area contributed by atoms with Crippen LogP contribution < -0.4 is 0 Å². The van der Waals surface area contributed by atoms with Crippen LogP contribution in [0.1, 0.15) is 51.9 Å². The zero-order valence-electron chi connectivity index (χ0n) is 8.71. The van der Waals surface area contributed by atoms with Gasteiger partial charge in [-0.2, -0.15) is 0 Å². The molecule has 4 atom stereocenters. The SMILES string of the molecule is CC[C@@H](O)C1C[C@H]2CCCC[C@H]2C1. The summed E-state index contributed by atoms with van der Waals surface area (Å²) in [5.74, 6) is 2.58. The molecule has 76 valence electrons. The van der Waals surface area contributed by atoms with E-state index in [1.807, 2.05) is 0 Å². The molecule has 0 aromatic carbocycles. The maximum absolute atomic E-state index is 9.80. The van der Waals surface area contributed by atoms with E-state index in [0.29, 0.717) is 5.92 Å². The van der Waals surface area contributed by atoms with Crippen LogP contribution in [0.5, 0.6) is 0 Å². The molecule has 2 aliphatic carbocycles. The largest absolute Gasteiger partial charge is 0.393 e. The molecule has 1 heteroatoms. The summed E-state index contributed by atoms with van der Waals surface area (Å²) < 4.78 is 0. The second kappa shape index (κ2) is 4.00. The fourth-order valence-corrected chi connectivity index (χ4v) is 3.43. The van der Waals surface area contributed by atoms with Gasteiger partial charge in [-0.1, -0.05) is 32.6 Å². The summed E-state index contributed by atoms with van der Waals surface area (Å²) in [5.41, 5.74) is 0. The minimum Gasteiger partial charge on any atom is -0.393 e. The Hall–Kier alpha value is -0.0400. The average Bonchev–Trinajstić information content (AvgIpc) is 2.59. The van der Waals surface area contributed by atoms with E-state index in [1.165, 1.54) is 38.5 Å². The molecule has 0 saturated heterocycles. The number of fused-ring (bicyclic) bond motifs is 1. The van der Waals surface area contributed by atoms with Crippen LogP contribution in [0.15, 0.2) is 0 Å². The highest BCUT2D eigenvalue weighted by molar-refractivity contribution is 4.88. The highest BCUT2D eigenvalue weighted by atomic mass is 16.3. The Balaban J connectivity index is 1.91. The van der Waals surface area contributed by atoms with Gasteiger partial charge in [0.25, 0.3) is 0 Å². The fourth-order valence-electron chi connectivity index (χ4n) is 3.43. The summed E-state index contributed by atoms with van der Waals surface area (Å²) in [6.07, 6.45) is 9.34. The highest BCUT2D eigenvalue weighted by Crippen LogP contribution is 2.46. The van der Waals surface area contributed by atoms with Crippen molar-refractivity contribution in [1.29, 1.82) is 0 Å². The Kier molecular flexibility index (Phi) is 2.92. The molecule has 0 amide bonds. The van der Waals surface area contributed by atoms with Gasteiger partial charge in [0.15, 0.2) is 0 Å². The summed E-state index contributed by atoms with van der Waals surface area (Å²) >= 11 is 0. The van der Waals surface area contributed by atoms with E-state index in [2.05, 4.69) is 6.92 Å². The van der Waals surface area contributed by atoms with Gasteiger partial charge < -0.3 is 5.11 Å². The molecule has 0 aromatic heterocycles. The maximum atomic E-state index is 9.80. The number of rotatable bonds is 2. The number of aliphatic hydroxyl groups excluding tert-OH is 1. The van der Waals surface area contributed by atoms with Crippen molar-refractivity contribution in [2.24, 2.45) is 17.8 Å². The molecule has 2 fully saturated rings. The lowest BCUT2D eigenvalue weighted by atomic mass is 9.82. The van der Waals surface area contributed by atoms with Gasteiger partial charge in [-0.05, 0) is 37.0 Å². The lowest BCUT2D eigenvalue weighted by Crippen LogP contribution is -2.16. The lowest BCUT2D eigenvalue weighted by molar-refractivity contribution is 0.103. The topological polar surface area (TPSA) is 20.2 Å². The Morgan fingerprint density at radius 3 is 2.15 bits per heavy atom. The Labute approximate surface area is 81.5 Å². The van der Waals surface area contributed by atoms with Gasteiger partial charge in [-0.15, -0.1) is 0 Å². The Morgan fingerprint density at radius 2 is 1.69 bits per heavy atom. The van der Waals surface area contributed by atoms with Crippen molar-refractivity contribution in [3.05, 3.63) is 0 Å². The van der Waals surface area contributed by atoms with Crippen LogP contribution in [-0.2, 0) is 0 Å². The van der Waals surface area contributed by atoms with Crippen LogP contribution >= 0.6 is 0 Å². The second-order valence-electron chi connectivity index (χ2n) is 5.01. The monoisotopic (exact) mass is 182 g/mol. The van der Waals surface area contributed by atoms with Crippen molar-refractivity contribution in [2.75, 3.05) is 0 Å². The van der Waals surface area contributed by atoms with Gasteiger partial charge in [0, 0.05) is 0 Å². The molecule has 1 N–H and O–H groups in total. The van der Waals surface area contributed by atoms with E-state index in [4.69, 9.17) is 0 Å². The minimum absolute atomic E-state index is 0.00870. The normalized spacial score (nSPS) is 41.5. The van der Waals surface area contributed by atoms with Crippen molar-refractivity contribution >= 4 is 0 Å². The van der Waals surface area contributed by atoms with Gasteiger partial charge >= 0.3 is 0 Å². The smallest absolute Gasteiger partial charge is 0.0566 e. The summed E-state index contributed by atoms with van der Waals surface area (Å²) in [6.45, 7) is 2.10. The molecular formula is C12H22O. The van der Waals surface area contributed by atoms with Gasteiger partial charge in [0.05, 0.1) is 6.10 Å². The van der Waals surface area contributed by atoms with Gasteiger partial charge in [-0.25, -0.2) is 0 Å². The van der Waals surface area contributed by atoms with Gasteiger partial charge in [-0.3, -0.25) is 0 Å². The molecule has 0 heterocycles. The Bertz CT molecular complexity index is 153. The first-order chi connectivity index (χ1) is 6.31. The summed E-state index contributed by atoms with van der Waals surface area (Å²) in [7, 11) is 0. The average molecular weight is 182 g/mol. The highest BCUT2D eigenvalue weighted by Gasteiger charge is 2.37. The Morgan fingerprint density at radius 1 is 1.15 bits per heavy atom. The van der Waals surface area contributed by atoms with E-state index >= 15 is 0 Å². The van der Waals surface area contributed by atoms with Crippen LogP contribution in [-0.4, -0.2) is 11.2 Å². The lowest BCUT2D eigenvalue weighted by Gasteiger charge is -2.24. The molecular weight excluding hydrogens is 160 g/mol. The first-order valence-electron chi connectivity index (χ1n) is 5.99. The number of hydrogen-bond donors (Lipinski definition) is 1. The molecule has 1 nitrogen and oxygen atoms in total. The standard InChI is InChI=1S/C12H22O/c1-2-12(13)11-7-9-5-3-4-6-10(9)8-11/h9-13H,2-8H2,1H3/t9-,10+,11?,12-/m1/s1. The maximum Gasteiger partial charge on any atom is 0.0566 e. The molecule has 2 rings (SSSR count). The number of aliphatic hydroxyl groups is 1. The van der Waals surface area contributed by atoms with Crippen LogP contribution in [0.25, 0.3) is 0 Å². The summed E-state index contributed by atoms with van der Waals surface area (Å²) in [5, 5.41) is 9.80. The molecule has 0 aromatic rings.